The topological polar surface area (TPSA) is 98.3 Å². The molecule has 9 heteroatoms. The number of benzene rings is 2. The van der Waals surface area contributed by atoms with Crippen LogP contribution in [-0.4, -0.2) is 16.0 Å². The molecule has 0 radical (unpaired) electrons. The zero-order valence-corrected chi connectivity index (χ0v) is 14.6. The van der Waals surface area contributed by atoms with Crippen molar-refractivity contribution in [3.05, 3.63) is 79.8 Å². The molecule has 0 aliphatic rings. The predicted molar refractivity (Wildman–Crippen MR) is 96.2 cm³/mol. The second kappa shape index (κ2) is 7.55. The van der Waals surface area contributed by atoms with E-state index in [9.17, 15) is 14.9 Å². The highest BCUT2D eigenvalue weighted by Gasteiger charge is 2.33. The summed E-state index contributed by atoms with van der Waals surface area (Å²) >= 11 is 12.0. The van der Waals surface area contributed by atoms with Gasteiger partial charge in [-0.3, -0.25) is 9.32 Å². The van der Waals surface area contributed by atoms with E-state index in [1.54, 1.807) is 0 Å². The van der Waals surface area contributed by atoms with E-state index in [0.717, 1.165) is 5.56 Å². The summed E-state index contributed by atoms with van der Waals surface area (Å²) in [6, 6.07) is 13.6. The highest BCUT2D eigenvalue weighted by molar-refractivity contribution is 6.36. The molecule has 1 aromatic heterocycles. The molecule has 0 aliphatic heterocycles. The number of carbonyl (C=O) groups is 1. The van der Waals surface area contributed by atoms with Crippen molar-refractivity contribution < 1.29 is 14.2 Å². The number of carbonyl (C=O) groups excluding carboxylic acids is 1. The van der Waals surface area contributed by atoms with Crippen LogP contribution >= 0.6 is 23.2 Å². The van der Waals surface area contributed by atoms with Gasteiger partial charge in [0.2, 0.25) is 5.76 Å². The normalized spacial score (nSPS) is 10.5. The van der Waals surface area contributed by atoms with Crippen LogP contribution in [0.2, 0.25) is 10.0 Å². The Kier molecular flexibility index (Phi) is 5.20. The molecule has 0 spiro atoms. The lowest BCUT2D eigenvalue weighted by molar-refractivity contribution is -0.391. The molecule has 0 fully saturated rings. The first kappa shape index (κ1) is 17.9. The third-order valence-corrected chi connectivity index (χ3v) is 4.09. The Hall–Kier alpha value is -2.90. The maximum absolute atomic E-state index is 12.6. The molecule has 1 amide bonds. The number of amides is 1. The molecule has 1 N–H and O–H groups in total. The summed E-state index contributed by atoms with van der Waals surface area (Å²) in [5, 5.41) is 17.8. The van der Waals surface area contributed by atoms with Gasteiger partial charge in [-0.05, 0) is 28.7 Å². The molecular formula is C17H11Cl2N3O4. The second-order valence-corrected chi connectivity index (χ2v) is 6.10. The highest BCUT2D eigenvalue weighted by atomic mass is 35.5. The molecular weight excluding hydrogens is 381 g/mol. The van der Waals surface area contributed by atoms with E-state index in [1.807, 2.05) is 30.3 Å². The van der Waals surface area contributed by atoms with E-state index >= 15 is 0 Å². The number of hydrogen-bond donors (Lipinski definition) is 1. The molecule has 3 aromatic rings. The first-order valence-corrected chi connectivity index (χ1v) is 8.14. The first-order chi connectivity index (χ1) is 12.5. The van der Waals surface area contributed by atoms with Gasteiger partial charge in [0.25, 0.3) is 5.91 Å². The van der Waals surface area contributed by atoms with Crippen molar-refractivity contribution in [2.45, 2.75) is 6.54 Å². The number of aromatic nitrogens is 1. The van der Waals surface area contributed by atoms with Gasteiger partial charge in [-0.15, -0.1) is 0 Å². The monoisotopic (exact) mass is 391 g/mol. The molecule has 0 atom stereocenters. The summed E-state index contributed by atoms with van der Waals surface area (Å²) in [4.78, 5) is 23.0. The lowest BCUT2D eigenvalue weighted by Gasteiger charge is -2.06. The van der Waals surface area contributed by atoms with Crippen LogP contribution in [0, 0.1) is 10.1 Å². The van der Waals surface area contributed by atoms with Crippen LogP contribution in [0.15, 0.2) is 53.1 Å². The Morgan fingerprint density at radius 3 is 2.58 bits per heavy atom. The van der Waals surface area contributed by atoms with Crippen LogP contribution in [0.4, 0.5) is 5.82 Å². The Bertz CT molecular complexity index is 973. The predicted octanol–water partition coefficient (Wildman–Crippen LogP) is 4.49. The first-order valence-electron chi connectivity index (χ1n) is 7.39. The average molecular weight is 392 g/mol. The minimum absolute atomic E-state index is 0.0936. The van der Waals surface area contributed by atoms with Crippen molar-refractivity contribution >= 4 is 34.9 Å². The minimum atomic E-state index is -0.783. The van der Waals surface area contributed by atoms with Crippen molar-refractivity contribution in [1.82, 2.24) is 10.5 Å². The smallest absolute Gasteiger partial charge is 0.358 e. The van der Waals surface area contributed by atoms with E-state index in [1.165, 1.54) is 18.2 Å². The van der Waals surface area contributed by atoms with Crippen molar-refractivity contribution in [1.29, 1.82) is 0 Å². The van der Waals surface area contributed by atoms with E-state index in [2.05, 4.69) is 10.5 Å². The Balaban J connectivity index is 1.97. The standard InChI is InChI=1S/C17H11Cl2N3O4/c18-11-6-7-12(13(19)8-11)15-14(16(21-26-15)22(24)25)17(23)20-9-10-4-2-1-3-5-10/h1-8H,9H2,(H,20,23). The zero-order valence-electron chi connectivity index (χ0n) is 13.1. The zero-order chi connectivity index (χ0) is 18.7. The van der Waals surface area contributed by atoms with Crippen LogP contribution < -0.4 is 5.32 Å². The summed E-state index contributed by atoms with van der Waals surface area (Å²) in [5.74, 6) is -1.47. The average Bonchev–Trinajstić information content (AvgIpc) is 3.05. The van der Waals surface area contributed by atoms with Crippen molar-refractivity contribution in [3.8, 4) is 11.3 Å². The van der Waals surface area contributed by atoms with Crippen molar-refractivity contribution in [2.75, 3.05) is 0 Å². The summed E-state index contributed by atoms with van der Waals surface area (Å²) in [7, 11) is 0. The largest absolute Gasteiger partial charge is 0.427 e. The van der Waals surface area contributed by atoms with Crippen LogP contribution in [0.5, 0.6) is 0 Å². The SMILES string of the molecule is O=C(NCc1ccccc1)c1c([N+](=O)[O-])noc1-c1ccc(Cl)cc1Cl. The summed E-state index contributed by atoms with van der Waals surface area (Å²) in [6.07, 6.45) is 0. The van der Waals surface area contributed by atoms with Crippen LogP contribution in [0.1, 0.15) is 15.9 Å². The molecule has 3 rings (SSSR count). The molecule has 2 aromatic carbocycles. The molecule has 0 saturated heterocycles. The van der Waals surface area contributed by atoms with Gasteiger partial charge in [-0.25, -0.2) is 0 Å². The lowest BCUT2D eigenvalue weighted by Crippen LogP contribution is -2.23. The molecule has 1 heterocycles. The number of halogens is 2. The molecule has 132 valence electrons. The Morgan fingerprint density at radius 1 is 1.19 bits per heavy atom. The number of nitrogens with one attached hydrogen (secondary N) is 1. The Labute approximate surface area is 157 Å². The number of hydrogen-bond acceptors (Lipinski definition) is 5. The number of nitro groups is 1. The number of nitrogens with zero attached hydrogens (tertiary/aromatic N) is 2. The van der Waals surface area contributed by atoms with Gasteiger partial charge in [0, 0.05) is 17.1 Å². The van der Waals surface area contributed by atoms with Crippen molar-refractivity contribution in [2.24, 2.45) is 0 Å². The maximum Gasteiger partial charge on any atom is 0.427 e. The third kappa shape index (κ3) is 3.68. The lowest BCUT2D eigenvalue weighted by atomic mass is 10.1. The van der Waals surface area contributed by atoms with Gasteiger partial charge < -0.3 is 15.4 Å². The van der Waals surface area contributed by atoms with Crippen LogP contribution in [0.25, 0.3) is 11.3 Å². The quantitative estimate of drug-likeness (QED) is 0.510. The molecule has 0 bridgehead atoms. The number of rotatable bonds is 5. The van der Waals surface area contributed by atoms with E-state index in [4.69, 9.17) is 27.7 Å². The van der Waals surface area contributed by atoms with Gasteiger partial charge >= 0.3 is 5.82 Å². The second-order valence-electron chi connectivity index (χ2n) is 5.26. The molecule has 0 aliphatic carbocycles. The fourth-order valence-electron chi connectivity index (χ4n) is 2.34. The highest BCUT2D eigenvalue weighted by Crippen LogP contribution is 2.36. The summed E-state index contributed by atoms with van der Waals surface area (Å²) in [5.41, 5.74) is 0.822. The molecule has 26 heavy (non-hydrogen) atoms. The van der Waals surface area contributed by atoms with Gasteiger partial charge in [-0.2, -0.15) is 0 Å². The summed E-state index contributed by atoms with van der Waals surface area (Å²) < 4.78 is 5.06. The molecule has 0 saturated carbocycles. The third-order valence-electron chi connectivity index (χ3n) is 3.55. The minimum Gasteiger partial charge on any atom is -0.358 e. The van der Waals surface area contributed by atoms with E-state index in [0.29, 0.717) is 5.02 Å². The van der Waals surface area contributed by atoms with E-state index in [-0.39, 0.29) is 28.5 Å². The fourth-order valence-corrected chi connectivity index (χ4v) is 2.83. The molecule has 7 nitrogen and oxygen atoms in total. The van der Waals surface area contributed by atoms with Gasteiger partial charge in [-0.1, -0.05) is 53.5 Å². The van der Waals surface area contributed by atoms with Crippen LogP contribution in [-0.2, 0) is 6.54 Å². The summed E-state index contributed by atoms with van der Waals surface area (Å²) in [6.45, 7) is 0.190. The van der Waals surface area contributed by atoms with E-state index < -0.39 is 16.6 Å². The van der Waals surface area contributed by atoms with Crippen LogP contribution in [0.3, 0.4) is 0 Å². The Morgan fingerprint density at radius 2 is 1.92 bits per heavy atom. The molecule has 0 unspecified atom stereocenters. The maximum atomic E-state index is 12.6. The van der Waals surface area contributed by atoms with Crippen molar-refractivity contribution in [3.63, 3.8) is 0 Å². The van der Waals surface area contributed by atoms with Gasteiger partial charge in [0.05, 0.1) is 5.02 Å². The van der Waals surface area contributed by atoms with Gasteiger partial charge in [0.1, 0.15) is 0 Å². The fraction of sp³-hybridized carbons (Fsp3) is 0.0588. The van der Waals surface area contributed by atoms with Gasteiger partial charge in [0.15, 0.2) is 10.7 Å².